The number of likely N-dealkylation sites (tertiary alicyclic amines) is 1. The van der Waals surface area contributed by atoms with Gasteiger partial charge < -0.3 is 20.2 Å². The summed E-state index contributed by atoms with van der Waals surface area (Å²) in [5, 5.41) is 16.7. The van der Waals surface area contributed by atoms with E-state index in [1.54, 1.807) is 12.3 Å². The molecule has 2 amide bonds. The van der Waals surface area contributed by atoms with Crippen LogP contribution in [0.2, 0.25) is 0 Å². The Kier molecular flexibility index (Phi) is 5.57. The van der Waals surface area contributed by atoms with Gasteiger partial charge in [-0.15, -0.1) is 0 Å². The van der Waals surface area contributed by atoms with Crippen molar-refractivity contribution in [3.8, 4) is 0 Å². The molecule has 2 fully saturated rings. The molecule has 174 valence electrons. The van der Waals surface area contributed by atoms with Crippen LogP contribution in [0, 0.1) is 5.82 Å². The molecule has 8 nitrogen and oxygen atoms in total. The number of rotatable bonds is 4. The molecular formula is C22H23F3N6O2. The number of benzene rings is 1. The van der Waals surface area contributed by atoms with E-state index >= 15 is 0 Å². The van der Waals surface area contributed by atoms with Crippen molar-refractivity contribution in [3.63, 3.8) is 0 Å². The fourth-order valence-electron chi connectivity index (χ4n) is 4.63. The molecule has 0 radical (unpaired) electrons. The van der Waals surface area contributed by atoms with Gasteiger partial charge in [-0.2, -0.15) is 5.10 Å². The number of hydrogen-bond donors (Lipinski definition) is 2. The van der Waals surface area contributed by atoms with Crippen LogP contribution >= 0.6 is 0 Å². The maximum absolute atomic E-state index is 13.9. The second-order valence-electron chi connectivity index (χ2n) is 8.36. The Hall–Kier alpha value is -3.34. The fourth-order valence-corrected chi connectivity index (χ4v) is 4.63. The number of fused-ring (bicyclic) bond motifs is 1. The van der Waals surface area contributed by atoms with Gasteiger partial charge in [-0.05, 0) is 43.0 Å². The van der Waals surface area contributed by atoms with E-state index in [4.69, 9.17) is 0 Å². The largest absolute Gasteiger partial charge is 0.391 e. The highest BCUT2D eigenvalue weighted by Gasteiger charge is 2.31. The number of urea groups is 1. The van der Waals surface area contributed by atoms with Gasteiger partial charge in [0.15, 0.2) is 5.65 Å². The van der Waals surface area contributed by atoms with Crippen LogP contribution in [0.3, 0.4) is 0 Å². The topological polar surface area (TPSA) is 86.0 Å². The molecular weight excluding hydrogens is 437 g/mol. The number of aliphatic hydroxyl groups excluding tert-OH is 1. The van der Waals surface area contributed by atoms with Crippen molar-refractivity contribution >= 4 is 23.2 Å². The lowest BCUT2D eigenvalue weighted by molar-refractivity contribution is 0.149. The zero-order chi connectivity index (χ0) is 23.1. The predicted octanol–water partition coefficient (Wildman–Crippen LogP) is 3.75. The molecule has 3 aromatic rings. The first-order chi connectivity index (χ1) is 15.9. The third kappa shape index (κ3) is 4.08. The number of carbonyl (C=O) groups excluding carboxylic acids is 1. The van der Waals surface area contributed by atoms with Crippen molar-refractivity contribution in [2.24, 2.45) is 0 Å². The van der Waals surface area contributed by atoms with Crippen molar-refractivity contribution < 1.29 is 23.1 Å². The molecule has 2 N–H and O–H groups in total. The first-order valence-corrected chi connectivity index (χ1v) is 10.8. The second-order valence-corrected chi connectivity index (χ2v) is 8.36. The number of halogens is 3. The van der Waals surface area contributed by atoms with Gasteiger partial charge in [0, 0.05) is 31.4 Å². The number of alkyl halides is 2. The number of aromatic nitrogens is 3. The first-order valence-electron chi connectivity index (χ1n) is 10.8. The summed E-state index contributed by atoms with van der Waals surface area (Å²) >= 11 is 0. The number of nitrogens with zero attached hydrogens (tertiary/aromatic N) is 5. The quantitative estimate of drug-likeness (QED) is 0.620. The Morgan fingerprint density at radius 1 is 1.21 bits per heavy atom. The summed E-state index contributed by atoms with van der Waals surface area (Å²) < 4.78 is 42.7. The normalized spacial score (nSPS) is 20.9. The Bertz CT molecular complexity index is 1190. The minimum atomic E-state index is -2.71. The molecule has 11 heteroatoms. The molecule has 0 saturated carbocycles. The van der Waals surface area contributed by atoms with E-state index in [1.807, 2.05) is 4.90 Å². The van der Waals surface area contributed by atoms with Gasteiger partial charge in [0.25, 0.3) is 6.43 Å². The van der Waals surface area contributed by atoms with Gasteiger partial charge in [0.1, 0.15) is 17.3 Å². The highest BCUT2D eigenvalue weighted by molar-refractivity contribution is 5.93. The summed E-state index contributed by atoms with van der Waals surface area (Å²) in [5.74, 6) is -0.0282. The molecule has 2 aliphatic rings. The van der Waals surface area contributed by atoms with Crippen LogP contribution in [0.25, 0.3) is 5.65 Å². The summed E-state index contributed by atoms with van der Waals surface area (Å²) in [6, 6.07) is 4.30. The number of anilines is 2. The number of nitrogens with one attached hydrogen (secondary N) is 1. The Balaban J connectivity index is 1.45. The van der Waals surface area contributed by atoms with Gasteiger partial charge in [-0.1, -0.05) is 6.07 Å². The highest BCUT2D eigenvalue weighted by Crippen LogP contribution is 2.39. The second kappa shape index (κ2) is 8.54. The lowest BCUT2D eigenvalue weighted by Crippen LogP contribution is -2.33. The molecule has 33 heavy (non-hydrogen) atoms. The Morgan fingerprint density at radius 3 is 2.82 bits per heavy atom. The lowest BCUT2D eigenvalue weighted by atomic mass is 9.98. The molecule has 1 aromatic carbocycles. The van der Waals surface area contributed by atoms with Crippen LogP contribution in [0.4, 0.5) is 29.5 Å². The molecule has 0 bridgehead atoms. The Labute approximate surface area is 187 Å². The van der Waals surface area contributed by atoms with Crippen LogP contribution in [0.1, 0.15) is 42.9 Å². The number of hydrogen-bond acceptors (Lipinski definition) is 5. The van der Waals surface area contributed by atoms with E-state index in [2.05, 4.69) is 15.4 Å². The predicted molar refractivity (Wildman–Crippen MR) is 115 cm³/mol. The molecule has 2 atom stereocenters. The monoisotopic (exact) mass is 460 g/mol. The molecule has 4 heterocycles. The molecule has 5 rings (SSSR count). The third-order valence-corrected chi connectivity index (χ3v) is 6.24. The molecule has 0 aliphatic carbocycles. The Morgan fingerprint density at radius 2 is 2.06 bits per heavy atom. The summed E-state index contributed by atoms with van der Waals surface area (Å²) in [5.41, 5.74) is 0.885. The smallest absolute Gasteiger partial charge is 0.322 e. The van der Waals surface area contributed by atoms with E-state index in [0.29, 0.717) is 43.1 Å². The number of aliphatic hydroxyl groups is 1. The van der Waals surface area contributed by atoms with Crippen LogP contribution in [-0.2, 0) is 0 Å². The average molecular weight is 460 g/mol. The van der Waals surface area contributed by atoms with Gasteiger partial charge >= 0.3 is 6.03 Å². The van der Waals surface area contributed by atoms with Crippen molar-refractivity contribution in [2.45, 2.75) is 37.8 Å². The molecule has 2 saturated heterocycles. The summed E-state index contributed by atoms with van der Waals surface area (Å²) in [4.78, 5) is 20.6. The summed E-state index contributed by atoms with van der Waals surface area (Å²) in [7, 11) is 0. The maximum atomic E-state index is 13.9. The maximum Gasteiger partial charge on any atom is 0.322 e. The number of β-amino-alcohol motifs (C(OH)–C–C–N with tert-alkyl or cyclic N) is 1. The van der Waals surface area contributed by atoms with Crippen LogP contribution in [0.5, 0.6) is 0 Å². The van der Waals surface area contributed by atoms with Crippen LogP contribution < -0.4 is 10.2 Å². The van der Waals surface area contributed by atoms with Crippen molar-refractivity contribution in [1.29, 1.82) is 0 Å². The van der Waals surface area contributed by atoms with Gasteiger partial charge in [0.05, 0.1) is 18.3 Å². The van der Waals surface area contributed by atoms with Crippen LogP contribution in [-0.4, -0.2) is 56.4 Å². The van der Waals surface area contributed by atoms with E-state index in [-0.39, 0.29) is 23.7 Å². The highest BCUT2D eigenvalue weighted by atomic mass is 19.3. The summed E-state index contributed by atoms with van der Waals surface area (Å²) in [6.07, 6.45) is 1.80. The van der Waals surface area contributed by atoms with Gasteiger partial charge in [0.2, 0.25) is 0 Å². The van der Waals surface area contributed by atoms with Crippen molar-refractivity contribution in [3.05, 3.63) is 53.6 Å². The third-order valence-electron chi connectivity index (χ3n) is 6.24. The zero-order valence-electron chi connectivity index (χ0n) is 17.7. The molecule has 2 aliphatic heterocycles. The standard InChI is InChI=1S/C22H23F3N6O2/c23-13-3-4-15(20(24)25)16(10-13)18-2-1-7-30(18)19-6-9-31-21(28-19)17(11-26-31)27-22(33)29-8-5-14(32)12-29/h3-4,6,9-11,14,18,20,32H,1-2,5,7-8,12H2,(H,27,33)/t14-,18+/m0/s1. The first kappa shape index (κ1) is 21.5. The summed E-state index contributed by atoms with van der Waals surface area (Å²) in [6.45, 7) is 1.30. The SMILES string of the molecule is O=C(Nc1cnn2ccc(N3CCC[C@@H]3c3cc(F)ccc3C(F)F)nc12)N1CC[C@H](O)C1. The lowest BCUT2D eigenvalue weighted by Gasteiger charge is -2.28. The fraction of sp³-hybridized carbons (Fsp3) is 0.409. The van der Waals surface area contributed by atoms with Crippen LogP contribution in [0.15, 0.2) is 36.7 Å². The average Bonchev–Trinajstić information content (AvgIpc) is 3.53. The molecule has 0 unspecified atom stereocenters. The van der Waals surface area contributed by atoms with E-state index in [9.17, 15) is 23.1 Å². The minimum absolute atomic E-state index is 0.181. The molecule has 2 aromatic heterocycles. The number of amides is 2. The van der Waals surface area contributed by atoms with Crippen molar-refractivity contribution in [1.82, 2.24) is 19.5 Å². The minimum Gasteiger partial charge on any atom is -0.391 e. The van der Waals surface area contributed by atoms with Gasteiger partial charge in [-0.3, -0.25) is 0 Å². The zero-order valence-corrected chi connectivity index (χ0v) is 17.7. The van der Waals surface area contributed by atoms with E-state index in [1.165, 1.54) is 21.7 Å². The van der Waals surface area contributed by atoms with Crippen molar-refractivity contribution in [2.75, 3.05) is 29.9 Å². The number of carbonyl (C=O) groups is 1. The molecule has 0 spiro atoms. The van der Waals surface area contributed by atoms with E-state index < -0.39 is 24.4 Å². The van der Waals surface area contributed by atoms with E-state index in [0.717, 1.165) is 18.6 Å². The van der Waals surface area contributed by atoms with Gasteiger partial charge in [-0.25, -0.2) is 27.5 Å².